The van der Waals surface area contributed by atoms with Crippen LogP contribution in [0.3, 0.4) is 0 Å². The average Bonchev–Trinajstić information content (AvgIpc) is 3.34. The number of hydrogen-bond acceptors (Lipinski definition) is 6. The van der Waals surface area contributed by atoms with Crippen LogP contribution in [-0.4, -0.2) is 64.1 Å². The number of likely N-dealkylation sites (tertiary alicyclic amines) is 1. The fourth-order valence-corrected chi connectivity index (χ4v) is 4.66. The number of amides is 1. The molecule has 0 bridgehead atoms. The topological polar surface area (TPSA) is 100 Å². The molecule has 1 amide bonds. The van der Waals surface area contributed by atoms with Crippen molar-refractivity contribution < 1.29 is 9.53 Å². The van der Waals surface area contributed by atoms with Gasteiger partial charge in [0.1, 0.15) is 17.8 Å². The quantitative estimate of drug-likeness (QED) is 0.737. The first-order valence-corrected chi connectivity index (χ1v) is 10.0. The highest BCUT2D eigenvalue weighted by Crippen LogP contribution is 2.39. The highest BCUT2D eigenvalue weighted by molar-refractivity contribution is 5.87. The lowest BCUT2D eigenvalue weighted by molar-refractivity contribution is -0.136. The van der Waals surface area contributed by atoms with Crippen molar-refractivity contribution in [2.45, 2.75) is 37.6 Å². The van der Waals surface area contributed by atoms with Gasteiger partial charge >= 0.3 is 0 Å². The van der Waals surface area contributed by atoms with Gasteiger partial charge in [0.05, 0.1) is 30.6 Å². The summed E-state index contributed by atoms with van der Waals surface area (Å²) in [6, 6.07) is 2.02. The van der Waals surface area contributed by atoms with E-state index in [0.717, 1.165) is 62.2 Å². The van der Waals surface area contributed by atoms with E-state index >= 15 is 0 Å². The van der Waals surface area contributed by atoms with Crippen molar-refractivity contribution >= 4 is 22.8 Å². The summed E-state index contributed by atoms with van der Waals surface area (Å²) in [6.07, 6.45) is 11.3. The molecule has 1 atom stereocenters. The van der Waals surface area contributed by atoms with Crippen molar-refractivity contribution in [3.05, 3.63) is 30.9 Å². The van der Waals surface area contributed by atoms with Gasteiger partial charge in [0, 0.05) is 25.8 Å². The summed E-state index contributed by atoms with van der Waals surface area (Å²) in [6.45, 7) is 3.49. The van der Waals surface area contributed by atoms with E-state index in [2.05, 4.69) is 24.8 Å². The summed E-state index contributed by atoms with van der Waals surface area (Å²) in [5, 5.41) is 1.04. The molecule has 1 spiro atoms. The molecule has 4 heterocycles. The standard InChI is InChI=1S/C20H28N6O2/c21-8-3-12-28-13-5-17(27)26-11-2-7-20(26)6-1-10-25(14-20)19-16-4-9-22-18(16)23-15-24-19/h3-4,8-9,15H,1-2,5-7,10-14,21H2,(H,22,23,24)/b8-3+. The Balaban J connectivity index is 1.47. The SMILES string of the molecule is N/C=C/COCCC(=O)N1CCCC12CCCN(c1ncnc3[nH]ccc13)C2. The summed E-state index contributed by atoms with van der Waals surface area (Å²) < 4.78 is 5.46. The van der Waals surface area contributed by atoms with E-state index in [1.165, 1.54) is 6.20 Å². The Morgan fingerprint density at radius 3 is 3.04 bits per heavy atom. The van der Waals surface area contributed by atoms with E-state index in [-0.39, 0.29) is 11.4 Å². The van der Waals surface area contributed by atoms with Crippen LogP contribution in [0.15, 0.2) is 30.9 Å². The number of fused-ring (bicyclic) bond motifs is 1. The molecule has 8 heteroatoms. The second kappa shape index (κ2) is 8.18. The molecule has 8 nitrogen and oxygen atoms in total. The second-order valence-electron chi connectivity index (χ2n) is 7.59. The molecule has 150 valence electrons. The third-order valence-corrected chi connectivity index (χ3v) is 5.90. The van der Waals surface area contributed by atoms with Crippen molar-refractivity contribution in [2.75, 3.05) is 37.7 Å². The van der Waals surface area contributed by atoms with E-state index < -0.39 is 0 Å². The number of rotatable bonds is 6. The van der Waals surface area contributed by atoms with Crippen LogP contribution in [0, 0.1) is 0 Å². The second-order valence-corrected chi connectivity index (χ2v) is 7.59. The molecule has 2 fully saturated rings. The molecule has 0 saturated carbocycles. The zero-order valence-corrected chi connectivity index (χ0v) is 16.1. The molecule has 3 N–H and O–H groups in total. The van der Waals surface area contributed by atoms with Gasteiger partial charge in [0.25, 0.3) is 0 Å². The van der Waals surface area contributed by atoms with Crippen molar-refractivity contribution in [1.82, 2.24) is 19.9 Å². The summed E-state index contributed by atoms with van der Waals surface area (Å²) in [5.74, 6) is 1.15. The van der Waals surface area contributed by atoms with Gasteiger partial charge < -0.3 is 25.3 Å². The molecule has 1 unspecified atom stereocenters. The molecular formula is C20H28N6O2. The lowest BCUT2D eigenvalue weighted by atomic mass is 9.86. The lowest BCUT2D eigenvalue weighted by Crippen LogP contribution is -2.57. The zero-order valence-electron chi connectivity index (χ0n) is 16.1. The Labute approximate surface area is 164 Å². The molecular weight excluding hydrogens is 356 g/mol. The molecule has 2 aromatic heterocycles. The normalized spacial score (nSPS) is 22.7. The van der Waals surface area contributed by atoms with E-state index in [4.69, 9.17) is 10.5 Å². The molecule has 4 rings (SSSR count). The number of carbonyl (C=O) groups excluding carboxylic acids is 1. The van der Waals surface area contributed by atoms with Crippen molar-refractivity contribution in [3.8, 4) is 0 Å². The molecule has 2 aliphatic heterocycles. The van der Waals surface area contributed by atoms with Crippen LogP contribution in [0.25, 0.3) is 11.0 Å². The van der Waals surface area contributed by atoms with Gasteiger partial charge in [-0.15, -0.1) is 0 Å². The van der Waals surface area contributed by atoms with Gasteiger partial charge in [-0.1, -0.05) is 0 Å². The maximum absolute atomic E-state index is 12.9. The first-order chi connectivity index (χ1) is 13.7. The minimum absolute atomic E-state index is 0.0971. The van der Waals surface area contributed by atoms with Gasteiger partial charge in [0.2, 0.25) is 5.91 Å². The minimum Gasteiger partial charge on any atom is -0.405 e. The zero-order chi connectivity index (χ0) is 19.4. The highest BCUT2D eigenvalue weighted by Gasteiger charge is 2.46. The predicted octanol–water partition coefficient (Wildman–Crippen LogP) is 1.80. The van der Waals surface area contributed by atoms with Crippen LogP contribution in [0.5, 0.6) is 0 Å². The number of H-pyrrole nitrogens is 1. The largest absolute Gasteiger partial charge is 0.405 e. The summed E-state index contributed by atoms with van der Waals surface area (Å²) in [4.78, 5) is 29.4. The Kier molecular flexibility index (Phi) is 5.47. The number of anilines is 1. The van der Waals surface area contributed by atoms with Crippen LogP contribution in [0.1, 0.15) is 32.1 Å². The number of piperidine rings is 1. The van der Waals surface area contributed by atoms with E-state index in [1.807, 2.05) is 12.3 Å². The third-order valence-electron chi connectivity index (χ3n) is 5.90. The van der Waals surface area contributed by atoms with Crippen LogP contribution in [0.2, 0.25) is 0 Å². The summed E-state index contributed by atoms with van der Waals surface area (Å²) >= 11 is 0. The third kappa shape index (κ3) is 3.56. The van der Waals surface area contributed by atoms with Crippen LogP contribution < -0.4 is 10.6 Å². The Morgan fingerprint density at radius 1 is 1.32 bits per heavy atom. The van der Waals surface area contributed by atoms with Crippen molar-refractivity contribution in [1.29, 1.82) is 0 Å². The van der Waals surface area contributed by atoms with Gasteiger partial charge in [-0.25, -0.2) is 9.97 Å². The van der Waals surface area contributed by atoms with Crippen LogP contribution >= 0.6 is 0 Å². The number of ether oxygens (including phenoxy) is 1. The van der Waals surface area contributed by atoms with Crippen molar-refractivity contribution in [3.63, 3.8) is 0 Å². The molecule has 0 aromatic carbocycles. The maximum atomic E-state index is 12.9. The number of carbonyl (C=O) groups is 1. The molecule has 28 heavy (non-hydrogen) atoms. The number of nitrogens with two attached hydrogens (primary N) is 1. The number of aromatic nitrogens is 3. The fraction of sp³-hybridized carbons (Fsp3) is 0.550. The van der Waals surface area contributed by atoms with Gasteiger partial charge in [0.15, 0.2) is 0 Å². The fourth-order valence-electron chi connectivity index (χ4n) is 4.66. The smallest absolute Gasteiger partial charge is 0.225 e. The van der Waals surface area contributed by atoms with Gasteiger partial charge in [-0.2, -0.15) is 0 Å². The molecule has 2 saturated heterocycles. The summed E-state index contributed by atoms with van der Waals surface area (Å²) in [5.41, 5.74) is 6.06. The number of hydrogen-bond donors (Lipinski definition) is 2. The minimum atomic E-state index is -0.0971. The highest BCUT2D eigenvalue weighted by atomic mass is 16.5. The number of nitrogens with one attached hydrogen (secondary N) is 1. The van der Waals surface area contributed by atoms with E-state index in [9.17, 15) is 4.79 Å². The number of nitrogens with zero attached hydrogens (tertiary/aromatic N) is 4. The average molecular weight is 384 g/mol. The summed E-state index contributed by atoms with van der Waals surface area (Å²) in [7, 11) is 0. The molecule has 0 radical (unpaired) electrons. The first kappa shape index (κ1) is 18.7. The Bertz CT molecular complexity index is 850. The molecule has 2 aliphatic rings. The lowest BCUT2D eigenvalue weighted by Gasteiger charge is -2.46. The first-order valence-electron chi connectivity index (χ1n) is 10.0. The van der Waals surface area contributed by atoms with E-state index in [1.54, 1.807) is 12.4 Å². The molecule has 2 aromatic rings. The van der Waals surface area contributed by atoms with Crippen molar-refractivity contribution in [2.24, 2.45) is 5.73 Å². The van der Waals surface area contributed by atoms with Gasteiger partial charge in [-0.05, 0) is 44.0 Å². The Morgan fingerprint density at radius 2 is 2.18 bits per heavy atom. The maximum Gasteiger partial charge on any atom is 0.225 e. The van der Waals surface area contributed by atoms with Crippen LogP contribution in [0.4, 0.5) is 5.82 Å². The van der Waals surface area contributed by atoms with E-state index in [0.29, 0.717) is 19.6 Å². The van der Waals surface area contributed by atoms with Gasteiger partial charge in [-0.3, -0.25) is 4.79 Å². The predicted molar refractivity (Wildman–Crippen MR) is 108 cm³/mol. The Hall–Kier alpha value is -2.61. The molecule has 0 aliphatic carbocycles. The van der Waals surface area contributed by atoms with Crippen LogP contribution in [-0.2, 0) is 9.53 Å². The monoisotopic (exact) mass is 384 g/mol. The number of aromatic amines is 1.